The van der Waals surface area contributed by atoms with Crippen LogP contribution in [0.2, 0.25) is 5.02 Å². The molecule has 9 heteroatoms. The first-order valence-corrected chi connectivity index (χ1v) is 12.8. The molecule has 0 spiro atoms. The van der Waals surface area contributed by atoms with Crippen LogP contribution in [0, 0.1) is 0 Å². The third kappa shape index (κ3) is 6.32. The first-order valence-electron chi connectivity index (χ1n) is 11.6. The number of hydrogen-bond acceptors (Lipinski definition) is 6. The first kappa shape index (κ1) is 25.4. The number of halogens is 1. The van der Waals surface area contributed by atoms with E-state index in [-0.39, 0.29) is 23.6 Å². The van der Waals surface area contributed by atoms with Gasteiger partial charge in [-0.05, 0) is 61.3 Å². The number of rotatable bonds is 7. The van der Waals surface area contributed by atoms with Crippen molar-refractivity contribution in [1.82, 2.24) is 19.6 Å². The molecule has 2 saturated heterocycles. The Hall–Kier alpha value is -2.65. The monoisotopic (exact) mass is 512 g/mol. The minimum absolute atomic E-state index is 0.0175. The number of imide groups is 1. The molecule has 2 aliphatic rings. The van der Waals surface area contributed by atoms with Crippen LogP contribution >= 0.6 is 23.4 Å². The van der Waals surface area contributed by atoms with E-state index in [4.69, 9.17) is 11.6 Å². The lowest BCUT2D eigenvalue weighted by Crippen LogP contribution is -2.49. The molecule has 0 saturated carbocycles. The summed E-state index contributed by atoms with van der Waals surface area (Å²) in [5, 5.41) is 0.198. The van der Waals surface area contributed by atoms with Crippen molar-refractivity contribution >= 4 is 46.5 Å². The molecule has 2 heterocycles. The van der Waals surface area contributed by atoms with Gasteiger partial charge >= 0.3 is 0 Å². The van der Waals surface area contributed by atoms with Gasteiger partial charge in [0.15, 0.2) is 0 Å². The highest BCUT2D eigenvalue weighted by Crippen LogP contribution is 2.34. The molecule has 2 fully saturated rings. The van der Waals surface area contributed by atoms with E-state index in [9.17, 15) is 14.4 Å². The number of likely N-dealkylation sites (N-methyl/N-ethyl adjacent to an activating group) is 1. The van der Waals surface area contributed by atoms with Crippen molar-refractivity contribution in [1.29, 1.82) is 0 Å². The quantitative estimate of drug-likeness (QED) is 0.524. The summed E-state index contributed by atoms with van der Waals surface area (Å²) in [6.45, 7) is 5.34. The van der Waals surface area contributed by atoms with Crippen LogP contribution in [0.3, 0.4) is 0 Å². The Morgan fingerprint density at radius 3 is 2.37 bits per heavy atom. The molecule has 3 amide bonds. The Kier molecular flexibility index (Phi) is 8.28. The number of carbonyl (C=O) groups is 3. The molecule has 0 N–H and O–H groups in total. The molecule has 2 aromatic carbocycles. The topological polar surface area (TPSA) is 64.2 Å². The third-order valence-corrected chi connectivity index (χ3v) is 7.41. The second-order valence-electron chi connectivity index (χ2n) is 8.92. The van der Waals surface area contributed by atoms with Gasteiger partial charge < -0.3 is 9.80 Å². The Bertz CT molecular complexity index is 1130. The molecule has 0 aliphatic carbocycles. The Labute approximate surface area is 215 Å². The summed E-state index contributed by atoms with van der Waals surface area (Å²) in [5.74, 6) is -0.323. The van der Waals surface area contributed by atoms with Crippen LogP contribution in [-0.2, 0) is 11.3 Å². The van der Waals surface area contributed by atoms with Crippen molar-refractivity contribution in [3.05, 3.63) is 75.1 Å². The normalized spacial score (nSPS) is 18.2. The van der Waals surface area contributed by atoms with E-state index in [0.717, 1.165) is 49.1 Å². The number of nitrogens with zero attached hydrogens (tertiary/aromatic N) is 4. The lowest BCUT2D eigenvalue weighted by molar-refractivity contribution is -0.123. The highest BCUT2D eigenvalue weighted by atomic mass is 35.5. The van der Waals surface area contributed by atoms with Crippen molar-refractivity contribution in [2.24, 2.45) is 0 Å². The minimum atomic E-state index is -0.341. The van der Waals surface area contributed by atoms with E-state index >= 15 is 0 Å². The average Bonchev–Trinajstić information content (AvgIpc) is 3.11. The van der Waals surface area contributed by atoms with Gasteiger partial charge in [0.1, 0.15) is 0 Å². The van der Waals surface area contributed by atoms with E-state index in [1.807, 2.05) is 23.1 Å². The summed E-state index contributed by atoms with van der Waals surface area (Å²) in [5.41, 5.74) is 2.10. The molecule has 2 aliphatic heterocycles. The molecular formula is C26H29ClN4O3S. The van der Waals surface area contributed by atoms with Gasteiger partial charge in [0, 0.05) is 49.9 Å². The zero-order chi connectivity index (χ0) is 24.9. The van der Waals surface area contributed by atoms with Crippen molar-refractivity contribution < 1.29 is 14.4 Å². The van der Waals surface area contributed by atoms with Gasteiger partial charge in [-0.2, -0.15) is 0 Å². The summed E-state index contributed by atoms with van der Waals surface area (Å²) in [6, 6.07) is 14.3. The highest BCUT2D eigenvalue weighted by Gasteiger charge is 2.35. The number of piperazine rings is 1. The second kappa shape index (κ2) is 11.4. The maximum atomic E-state index is 12.9. The van der Waals surface area contributed by atoms with Gasteiger partial charge in [-0.1, -0.05) is 41.9 Å². The second-order valence-corrected chi connectivity index (χ2v) is 10.3. The van der Waals surface area contributed by atoms with Gasteiger partial charge in [-0.15, -0.1) is 0 Å². The van der Waals surface area contributed by atoms with Gasteiger partial charge in [-0.25, -0.2) is 0 Å². The van der Waals surface area contributed by atoms with Crippen LogP contribution in [0.1, 0.15) is 21.5 Å². The summed E-state index contributed by atoms with van der Waals surface area (Å²) in [7, 11) is 4.13. The summed E-state index contributed by atoms with van der Waals surface area (Å²) < 4.78 is 0. The lowest BCUT2D eigenvalue weighted by atomic mass is 10.1. The fraction of sp³-hybridized carbons (Fsp3) is 0.346. The molecule has 0 radical (unpaired) electrons. The van der Waals surface area contributed by atoms with E-state index < -0.39 is 0 Å². The molecule has 0 atom stereocenters. The zero-order valence-corrected chi connectivity index (χ0v) is 21.5. The predicted molar refractivity (Wildman–Crippen MR) is 140 cm³/mol. The number of hydrogen-bond donors (Lipinski definition) is 0. The maximum absolute atomic E-state index is 12.9. The van der Waals surface area contributed by atoms with Crippen molar-refractivity contribution in [2.45, 2.75) is 6.54 Å². The number of carbonyl (C=O) groups excluding carboxylic acids is 3. The van der Waals surface area contributed by atoms with E-state index in [1.54, 1.807) is 36.4 Å². The minimum Gasteiger partial charge on any atom is -0.336 e. The summed E-state index contributed by atoms with van der Waals surface area (Å²) in [4.78, 5) is 46.2. The molecule has 0 aromatic heterocycles. The fourth-order valence-electron chi connectivity index (χ4n) is 4.01. The SMILES string of the molecule is CN(C)CCN1CCN(C(=O)c2ccc(/C=C3\SC(=O)N(Cc4ccccc4Cl)C3=O)cc2)CC1. The Morgan fingerprint density at radius 1 is 1.03 bits per heavy atom. The third-order valence-electron chi connectivity index (χ3n) is 6.14. The van der Waals surface area contributed by atoms with Gasteiger partial charge in [-0.3, -0.25) is 24.2 Å². The predicted octanol–water partition coefficient (Wildman–Crippen LogP) is 3.90. The van der Waals surface area contributed by atoms with Crippen LogP contribution in [0.15, 0.2) is 53.4 Å². The number of amides is 3. The van der Waals surface area contributed by atoms with Crippen molar-refractivity contribution in [2.75, 3.05) is 53.4 Å². The van der Waals surface area contributed by atoms with Crippen molar-refractivity contribution in [3.63, 3.8) is 0 Å². The molecule has 7 nitrogen and oxygen atoms in total. The number of thioether (sulfide) groups is 1. The van der Waals surface area contributed by atoms with Crippen LogP contribution in [0.5, 0.6) is 0 Å². The van der Waals surface area contributed by atoms with Crippen LogP contribution in [0.25, 0.3) is 6.08 Å². The lowest BCUT2D eigenvalue weighted by Gasteiger charge is -2.35. The van der Waals surface area contributed by atoms with E-state index in [1.165, 1.54) is 4.90 Å². The number of benzene rings is 2. The molecule has 0 unspecified atom stereocenters. The summed E-state index contributed by atoms with van der Waals surface area (Å²) >= 11 is 7.10. The van der Waals surface area contributed by atoms with Crippen molar-refractivity contribution in [3.8, 4) is 0 Å². The molecule has 2 aromatic rings. The average molecular weight is 513 g/mol. The molecule has 4 rings (SSSR count). The Balaban J connectivity index is 1.36. The van der Waals surface area contributed by atoms with E-state index in [0.29, 0.717) is 28.6 Å². The fourth-order valence-corrected chi connectivity index (χ4v) is 5.04. The highest BCUT2D eigenvalue weighted by molar-refractivity contribution is 8.18. The van der Waals surface area contributed by atoms with E-state index in [2.05, 4.69) is 23.9 Å². The van der Waals surface area contributed by atoms with Gasteiger partial charge in [0.05, 0.1) is 11.4 Å². The van der Waals surface area contributed by atoms with Crippen LogP contribution < -0.4 is 0 Å². The smallest absolute Gasteiger partial charge is 0.293 e. The molecule has 184 valence electrons. The maximum Gasteiger partial charge on any atom is 0.293 e. The molecule has 35 heavy (non-hydrogen) atoms. The summed E-state index contributed by atoms with van der Waals surface area (Å²) in [6.07, 6.45) is 1.69. The standard InChI is InChI=1S/C26H29ClN4O3S/c1-28(2)11-12-29-13-15-30(16-14-29)24(32)20-9-7-19(8-10-20)17-23-25(33)31(26(34)35-23)18-21-5-3-4-6-22(21)27/h3-10,17H,11-16,18H2,1-2H3/b23-17-. The van der Waals surface area contributed by atoms with Gasteiger partial charge in [0.25, 0.3) is 17.1 Å². The first-order chi connectivity index (χ1) is 16.8. The Morgan fingerprint density at radius 2 is 1.71 bits per heavy atom. The molecular weight excluding hydrogens is 484 g/mol. The zero-order valence-electron chi connectivity index (χ0n) is 19.9. The van der Waals surface area contributed by atoms with Crippen LogP contribution in [0.4, 0.5) is 4.79 Å². The van der Waals surface area contributed by atoms with Gasteiger partial charge in [0.2, 0.25) is 0 Å². The largest absolute Gasteiger partial charge is 0.336 e. The molecule has 0 bridgehead atoms. The van der Waals surface area contributed by atoms with Crippen LogP contribution in [-0.4, -0.2) is 90.0 Å².